The van der Waals surface area contributed by atoms with Gasteiger partial charge in [0.2, 0.25) is 5.91 Å². The van der Waals surface area contributed by atoms with Crippen LogP contribution in [-0.2, 0) is 9.53 Å². The highest BCUT2D eigenvalue weighted by Gasteiger charge is 2.16. The van der Waals surface area contributed by atoms with Crippen LogP contribution < -0.4 is 10.6 Å². The number of rotatable bonds is 4. The van der Waals surface area contributed by atoms with Crippen molar-refractivity contribution in [2.75, 3.05) is 11.9 Å². The molecule has 0 aliphatic heterocycles. The van der Waals surface area contributed by atoms with E-state index in [1.807, 2.05) is 0 Å². The number of amides is 2. The maximum absolute atomic E-state index is 13.2. The summed E-state index contributed by atoms with van der Waals surface area (Å²) in [5, 5.41) is 4.59. The van der Waals surface area contributed by atoms with Crippen LogP contribution in [0.2, 0.25) is 10.0 Å². The van der Waals surface area contributed by atoms with E-state index in [2.05, 4.69) is 10.6 Å². The quantitative estimate of drug-likeness (QED) is 0.806. The Morgan fingerprint density at radius 3 is 2.27 bits per heavy atom. The van der Waals surface area contributed by atoms with E-state index in [1.54, 1.807) is 20.8 Å². The van der Waals surface area contributed by atoms with Crippen molar-refractivity contribution in [2.24, 2.45) is 0 Å². The lowest BCUT2D eigenvalue weighted by atomic mass is 10.2. The molecule has 0 unspecified atom stereocenters. The summed E-state index contributed by atoms with van der Waals surface area (Å²) in [5.74, 6) is -1.12. The first-order valence-corrected chi connectivity index (χ1v) is 7.25. The standard InChI is InChI=1S/C14H17Cl2FN2O3/c1-14(2,3)22-13(21)18-5-4-11(20)19-8-6-9(15)12(17)10(16)7-8/h6-7H,4-5H2,1-3H3,(H,18,21)(H,19,20). The molecule has 0 heterocycles. The predicted molar refractivity (Wildman–Crippen MR) is 83.9 cm³/mol. The Morgan fingerprint density at radius 1 is 1.23 bits per heavy atom. The van der Waals surface area contributed by atoms with E-state index in [0.29, 0.717) is 0 Å². The molecule has 1 rings (SSSR count). The molecule has 0 saturated carbocycles. The summed E-state index contributed by atoms with van der Waals surface area (Å²) < 4.78 is 18.3. The number of benzene rings is 1. The molecular formula is C14H17Cl2FN2O3. The summed E-state index contributed by atoms with van der Waals surface area (Å²) in [6.45, 7) is 5.31. The van der Waals surface area contributed by atoms with Crippen molar-refractivity contribution in [1.82, 2.24) is 5.32 Å². The lowest BCUT2D eigenvalue weighted by molar-refractivity contribution is -0.116. The molecule has 1 aromatic rings. The Morgan fingerprint density at radius 2 is 1.77 bits per heavy atom. The first-order valence-electron chi connectivity index (χ1n) is 6.50. The fourth-order valence-corrected chi connectivity index (χ4v) is 1.93. The molecule has 22 heavy (non-hydrogen) atoms. The number of carbonyl (C=O) groups excluding carboxylic acids is 2. The van der Waals surface area contributed by atoms with Gasteiger partial charge in [0, 0.05) is 18.7 Å². The van der Waals surface area contributed by atoms with Crippen LogP contribution >= 0.6 is 23.2 Å². The first-order chi connectivity index (χ1) is 10.1. The molecule has 122 valence electrons. The maximum Gasteiger partial charge on any atom is 0.407 e. The van der Waals surface area contributed by atoms with Crippen LogP contribution in [0.3, 0.4) is 0 Å². The van der Waals surface area contributed by atoms with Gasteiger partial charge in [-0.1, -0.05) is 23.2 Å². The van der Waals surface area contributed by atoms with E-state index in [9.17, 15) is 14.0 Å². The largest absolute Gasteiger partial charge is 0.444 e. The second-order valence-corrected chi connectivity index (χ2v) is 6.30. The molecule has 0 aliphatic rings. The summed E-state index contributed by atoms with van der Waals surface area (Å²) in [7, 11) is 0. The monoisotopic (exact) mass is 350 g/mol. The average Bonchev–Trinajstić information content (AvgIpc) is 2.33. The lowest BCUT2D eigenvalue weighted by Gasteiger charge is -2.19. The Balaban J connectivity index is 2.43. The van der Waals surface area contributed by atoms with Crippen LogP contribution in [0, 0.1) is 5.82 Å². The number of hydrogen-bond acceptors (Lipinski definition) is 3. The molecule has 5 nitrogen and oxygen atoms in total. The van der Waals surface area contributed by atoms with Gasteiger partial charge in [0.15, 0.2) is 5.82 Å². The lowest BCUT2D eigenvalue weighted by Crippen LogP contribution is -2.34. The van der Waals surface area contributed by atoms with Crippen molar-refractivity contribution in [3.8, 4) is 0 Å². The van der Waals surface area contributed by atoms with E-state index in [0.717, 1.165) is 0 Å². The van der Waals surface area contributed by atoms with Crippen molar-refractivity contribution in [3.05, 3.63) is 28.0 Å². The van der Waals surface area contributed by atoms with Crippen molar-refractivity contribution in [3.63, 3.8) is 0 Å². The fourth-order valence-electron chi connectivity index (χ4n) is 1.44. The highest BCUT2D eigenvalue weighted by Crippen LogP contribution is 2.27. The number of alkyl carbamates (subject to hydrolysis) is 1. The highest BCUT2D eigenvalue weighted by molar-refractivity contribution is 6.35. The summed E-state index contributed by atoms with van der Waals surface area (Å²) in [5.41, 5.74) is -0.327. The molecule has 2 amide bonds. The maximum atomic E-state index is 13.2. The zero-order chi connectivity index (χ0) is 16.9. The average molecular weight is 351 g/mol. The molecule has 0 fully saturated rings. The number of nitrogens with one attached hydrogen (secondary N) is 2. The van der Waals surface area contributed by atoms with Gasteiger partial charge in [-0.15, -0.1) is 0 Å². The SMILES string of the molecule is CC(C)(C)OC(=O)NCCC(=O)Nc1cc(Cl)c(F)c(Cl)c1. The van der Waals surface area contributed by atoms with Gasteiger partial charge in [0.25, 0.3) is 0 Å². The predicted octanol–water partition coefficient (Wildman–Crippen LogP) is 3.99. The van der Waals surface area contributed by atoms with Crippen molar-refractivity contribution in [2.45, 2.75) is 32.8 Å². The van der Waals surface area contributed by atoms with Crippen LogP contribution in [0.5, 0.6) is 0 Å². The molecule has 0 saturated heterocycles. The van der Waals surface area contributed by atoms with Crippen LogP contribution in [0.25, 0.3) is 0 Å². The first kappa shape index (κ1) is 18.5. The topological polar surface area (TPSA) is 67.4 Å². The van der Waals surface area contributed by atoms with E-state index < -0.39 is 17.5 Å². The smallest absolute Gasteiger partial charge is 0.407 e. The van der Waals surface area contributed by atoms with E-state index >= 15 is 0 Å². The molecule has 0 radical (unpaired) electrons. The third-order valence-corrected chi connectivity index (χ3v) is 2.84. The minimum Gasteiger partial charge on any atom is -0.444 e. The Bertz CT molecular complexity index is 551. The molecule has 0 aliphatic carbocycles. The van der Waals surface area contributed by atoms with Crippen molar-refractivity contribution >= 4 is 40.9 Å². The van der Waals surface area contributed by atoms with Crippen LogP contribution in [0.1, 0.15) is 27.2 Å². The molecule has 8 heteroatoms. The van der Waals surface area contributed by atoms with Gasteiger partial charge >= 0.3 is 6.09 Å². The Labute approximate surface area is 138 Å². The van der Waals surface area contributed by atoms with Crippen LogP contribution in [-0.4, -0.2) is 24.1 Å². The summed E-state index contributed by atoms with van der Waals surface area (Å²) in [6.07, 6.45) is -0.584. The molecule has 0 aromatic heterocycles. The van der Waals surface area contributed by atoms with Crippen LogP contribution in [0.4, 0.5) is 14.9 Å². The number of hydrogen-bond donors (Lipinski definition) is 2. The Kier molecular flexibility index (Phi) is 6.44. The fraction of sp³-hybridized carbons (Fsp3) is 0.429. The van der Waals surface area contributed by atoms with Crippen molar-refractivity contribution < 1.29 is 18.7 Å². The number of anilines is 1. The number of carbonyl (C=O) groups is 2. The summed E-state index contributed by atoms with van der Waals surface area (Å²) in [4.78, 5) is 23.1. The summed E-state index contributed by atoms with van der Waals surface area (Å²) >= 11 is 11.3. The van der Waals surface area contributed by atoms with Gasteiger partial charge in [0.1, 0.15) is 5.60 Å². The third kappa shape index (κ3) is 6.49. The van der Waals surface area contributed by atoms with Gasteiger partial charge in [-0.25, -0.2) is 9.18 Å². The second kappa shape index (κ2) is 7.65. The number of ether oxygens (including phenoxy) is 1. The number of halogens is 3. The molecule has 1 aromatic carbocycles. The highest BCUT2D eigenvalue weighted by atomic mass is 35.5. The molecule has 0 bridgehead atoms. The van der Waals surface area contributed by atoms with E-state index in [1.165, 1.54) is 12.1 Å². The van der Waals surface area contributed by atoms with Gasteiger partial charge in [-0.3, -0.25) is 4.79 Å². The second-order valence-electron chi connectivity index (χ2n) is 5.48. The van der Waals surface area contributed by atoms with Gasteiger partial charge in [-0.2, -0.15) is 0 Å². The van der Waals surface area contributed by atoms with E-state index in [-0.39, 0.29) is 34.6 Å². The molecule has 0 atom stereocenters. The molecule has 0 spiro atoms. The molecule has 2 N–H and O–H groups in total. The normalized spacial score (nSPS) is 11.0. The summed E-state index contributed by atoms with van der Waals surface area (Å²) in [6, 6.07) is 2.50. The minimum atomic E-state index is -0.743. The zero-order valence-corrected chi connectivity index (χ0v) is 13.9. The minimum absolute atomic E-state index is 0.0197. The third-order valence-electron chi connectivity index (χ3n) is 2.29. The van der Waals surface area contributed by atoms with Gasteiger partial charge in [-0.05, 0) is 32.9 Å². The van der Waals surface area contributed by atoms with Crippen LogP contribution in [0.15, 0.2) is 12.1 Å². The Hall–Kier alpha value is -1.53. The van der Waals surface area contributed by atoms with Gasteiger partial charge < -0.3 is 15.4 Å². The van der Waals surface area contributed by atoms with Gasteiger partial charge in [0.05, 0.1) is 10.0 Å². The van der Waals surface area contributed by atoms with E-state index in [4.69, 9.17) is 27.9 Å². The molecular weight excluding hydrogens is 334 g/mol. The zero-order valence-electron chi connectivity index (χ0n) is 12.4. The van der Waals surface area contributed by atoms with Crippen molar-refractivity contribution in [1.29, 1.82) is 0 Å².